The monoisotopic (exact) mass is 591 g/mol. The predicted molar refractivity (Wildman–Crippen MR) is 165 cm³/mol. The Morgan fingerprint density at radius 1 is 1.12 bits per heavy atom. The number of amides is 1. The number of carbonyl (C=O) groups is 2. The summed E-state index contributed by atoms with van der Waals surface area (Å²) in [5, 5.41) is 8.11. The van der Waals surface area contributed by atoms with Gasteiger partial charge in [-0.1, -0.05) is 75.7 Å². The van der Waals surface area contributed by atoms with Crippen LogP contribution in [0, 0.1) is 24.2 Å². The smallest absolute Gasteiger partial charge is 0.254 e. The lowest BCUT2D eigenvalue weighted by molar-refractivity contribution is -0.128. The van der Waals surface area contributed by atoms with Gasteiger partial charge in [-0.15, -0.1) is 11.3 Å². The number of aryl methyl sites for hydroxylation is 1. The van der Waals surface area contributed by atoms with E-state index in [0.29, 0.717) is 35.7 Å². The van der Waals surface area contributed by atoms with E-state index in [1.807, 2.05) is 42.2 Å². The zero-order valence-electron chi connectivity index (χ0n) is 24.7. The van der Waals surface area contributed by atoms with Gasteiger partial charge in [0.05, 0.1) is 16.3 Å². The van der Waals surface area contributed by atoms with Crippen LogP contribution in [0.1, 0.15) is 70.6 Å². The Morgan fingerprint density at radius 3 is 2.46 bits per heavy atom. The van der Waals surface area contributed by atoms with Gasteiger partial charge < -0.3 is 9.42 Å². The molecule has 6 nitrogen and oxygen atoms in total. The van der Waals surface area contributed by atoms with E-state index in [2.05, 4.69) is 51.2 Å². The van der Waals surface area contributed by atoms with Crippen molar-refractivity contribution in [3.8, 4) is 22.5 Å². The van der Waals surface area contributed by atoms with Crippen molar-refractivity contribution in [2.75, 3.05) is 13.1 Å². The molecule has 2 aromatic heterocycles. The molecule has 0 radical (unpaired) electrons. The number of halogens is 1. The molecule has 0 bridgehead atoms. The molecule has 2 unspecified atom stereocenters. The fraction of sp³-hybridized carbons (Fsp3) is 0.455. The van der Waals surface area contributed by atoms with Crippen LogP contribution in [0.2, 0.25) is 5.02 Å². The zero-order valence-corrected chi connectivity index (χ0v) is 26.2. The Bertz CT molecular complexity index is 1500. The molecule has 1 amide bonds. The number of likely N-dealkylation sites (tertiary alicyclic amines) is 1. The van der Waals surface area contributed by atoms with Gasteiger partial charge in [-0.2, -0.15) is 0 Å². The van der Waals surface area contributed by atoms with E-state index in [-0.39, 0.29) is 34.9 Å². The molecular formula is C33H38ClN3O3S. The number of ketones is 1. The number of hydrogen-bond donors (Lipinski definition) is 0. The van der Waals surface area contributed by atoms with E-state index < -0.39 is 0 Å². The number of aromatic nitrogens is 2. The van der Waals surface area contributed by atoms with Crippen molar-refractivity contribution in [3.63, 3.8) is 0 Å². The number of hydrogen-bond acceptors (Lipinski definition) is 6. The Balaban J connectivity index is 1.31. The number of nitrogens with zero attached hydrogens (tertiary/aromatic N) is 3. The highest BCUT2D eigenvalue weighted by Crippen LogP contribution is 2.39. The minimum atomic E-state index is -0.131. The van der Waals surface area contributed by atoms with Gasteiger partial charge in [0.2, 0.25) is 0 Å². The van der Waals surface area contributed by atoms with Crippen molar-refractivity contribution in [1.29, 1.82) is 0 Å². The summed E-state index contributed by atoms with van der Waals surface area (Å²) in [6.45, 7) is 13.6. The maximum atomic E-state index is 13.7. The van der Waals surface area contributed by atoms with E-state index >= 15 is 0 Å². The molecule has 0 saturated carbocycles. The Labute approximate surface area is 251 Å². The molecule has 216 valence electrons. The topological polar surface area (TPSA) is 76.3 Å². The first-order valence-electron chi connectivity index (χ1n) is 14.4. The molecule has 5 rings (SSSR count). The quantitative estimate of drug-likeness (QED) is 0.288. The van der Waals surface area contributed by atoms with Crippen LogP contribution in [0.4, 0.5) is 0 Å². The molecule has 2 aliphatic rings. The molecule has 1 aliphatic carbocycles. The number of allylic oxidation sites excluding steroid dienone is 2. The molecule has 1 fully saturated rings. The minimum absolute atomic E-state index is 0.0248. The Morgan fingerprint density at radius 2 is 1.80 bits per heavy atom. The Kier molecular flexibility index (Phi) is 8.40. The van der Waals surface area contributed by atoms with Gasteiger partial charge in [0, 0.05) is 52.5 Å². The van der Waals surface area contributed by atoms with Crippen molar-refractivity contribution in [3.05, 3.63) is 68.7 Å². The third kappa shape index (κ3) is 6.26. The summed E-state index contributed by atoms with van der Waals surface area (Å²) in [4.78, 5) is 34.0. The van der Waals surface area contributed by atoms with Crippen molar-refractivity contribution >= 4 is 34.6 Å². The van der Waals surface area contributed by atoms with Crippen molar-refractivity contribution in [2.45, 2.75) is 66.7 Å². The largest absolute Gasteiger partial charge is 0.360 e. The number of carbonyl (C=O) groups excluding carboxylic acids is 2. The van der Waals surface area contributed by atoms with E-state index in [4.69, 9.17) is 21.1 Å². The summed E-state index contributed by atoms with van der Waals surface area (Å²) in [6, 6.07) is 7.55. The van der Waals surface area contributed by atoms with Crippen LogP contribution in [0.25, 0.3) is 22.5 Å². The van der Waals surface area contributed by atoms with Crippen LogP contribution in [-0.2, 0) is 9.59 Å². The molecule has 0 spiro atoms. The predicted octanol–water partition coefficient (Wildman–Crippen LogP) is 8.28. The van der Waals surface area contributed by atoms with Crippen molar-refractivity contribution < 1.29 is 14.1 Å². The number of benzene rings is 1. The summed E-state index contributed by atoms with van der Waals surface area (Å²) in [5.74, 6) is 1.32. The lowest BCUT2D eigenvalue weighted by Crippen LogP contribution is -2.40. The second kappa shape index (κ2) is 11.7. The van der Waals surface area contributed by atoms with Gasteiger partial charge in [-0.05, 0) is 49.1 Å². The second-order valence-electron chi connectivity index (χ2n) is 12.6. The lowest BCUT2D eigenvalue weighted by Gasteiger charge is -2.34. The molecule has 1 saturated heterocycles. The number of rotatable bonds is 6. The molecule has 3 aromatic rings. The summed E-state index contributed by atoms with van der Waals surface area (Å²) >= 11 is 7.73. The third-order valence-electron chi connectivity index (χ3n) is 8.21. The molecule has 41 heavy (non-hydrogen) atoms. The van der Waals surface area contributed by atoms with Crippen molar-refractivity contribution in [2.24, 2.45) is 17.3 Å². The SMILES string of the molecule is Cc1onc(-c2ccc(Cl)cc2)c1-c1csc(C2CCN(C(=O)C3=C(C(=O)CC(C)(C)C)C(C)C(C)C=C3)CC2)n1. The van der Waals surface area contributed by atoms with Crippen LogP contribution >= 0.6 is 22.9 Å². The summed E-state index contributed by atoms with van der Waals surface area (Å²) < 4.78 is 5.56. The fourth-order valence-corrected chi connectivity index (χ4v) is 6.86. The molecule has 8 heteroatoms. The molecule has 1 aromatic carbocycles. The van der Waals surface area contributed by atoms with Gasteiger partial charge in [-0.25, -0.2) is 4.98 Å². The van der Waals surface area contributed by atoms with E-state index in [1.54, 1.807) is 11.3 Å². The maximum absolute atomic E-state index is 13.7. The highest BCUT2D eigenvalue weighted by atomic mass is 35.5. The van der Waals surface area contributed by atoms with Gasteiger partial charge >= 0.3 is 0 Å². The first-order valence-corrected chi connectivity index (χ1v) is 15.6. The first kappa shape index (κ1) is 29.5. The summed E-state index contributed by atoms with van der Waals surface area (Å²) in [6.07, 6.45) is 6.06. The standard InChI is InChI=1S/C33H38ClN3O3S/c1-19-7-12-25(28(20(19)2)27(38)17-33(4,5)6)32(39)37-15-13-23(14-16-37)31-35-26(18-41-31)29-21(3)40-36-30(29)22-8-10-24(34)11-9-22/h7-12,18-20,23H,13-17H2,1-6H3. The van der Waals surface area contributed by atoms with E-state index in [1.165, 1.54) is 0 Å². The fourth-order valence-electron chi connectivity index (χ4n) is 5.75. The molecule has 3 heterocycles. The molecular weight excluding hydrogens is 554 g/mol. The van der Waals surface area contributed by atoms with Gasteiger partial charge in [0.25, 0.3) is 5.91 Å². The second-order valence-corrected chi connectivity index (χ2v) is 13.9. The van der Waals surface area contributed by atoms with Crippen LogP contribution in [0.5, 0.6) is 0 Å². The van der Waals surface area contributed by atoms with E-state index in [0.717, 1.165) is 46.1 Å². The first-order chi connectivity index (χ1) is 19.4. The van der Waals surface area contributed by atoms with Crippen molar-refractivity contribution in [1.82, 2.24) is 15.0 Å². The summed E-state index contributed by atoms with van der Waals surface area (Å²) in [5.41, 5.74) is 4.59. The summed E-state index contributed by atoms with van der Waals surface area (Å²) in [7, 11) is 0. The lowest BCUT2D eigenvalue weighted by atomic mass is 9.75. The zero-order chi connectivity index (χ0) is 29.5. The minimum Gasteiger partial charge on any atom is -0.360 e. The van der Waals surface area contributed by atoms with Gasteiger partial charge in [0.15, 0.2) is 5.78 Å². The van der Waals surface area contributed by atoms with Gasteiger partial charge in [-0.3, -0.25) is 9.59 Å². The highest BCUT2D eigenvalue weighted by Gasteiger charge is 2.35. The normalized spacial score (nSPS) is 20.1. The van der Waals surface area contributed by atoms with E-state index in [9.17, 15) is 9.59 Å². The average Bonchev–Trinajstić information content (AvgIpc) is 3.56. The highest BCUT2D eigenvalue weighted by molar-refractivity contribution is 7.10. The van der Waals surface area contributed by atoms with Crippen LogP contribution < -0.4 is 0 Å². The Hall–Kier alpha value is -3.03. The number of thiazole rings is 1. The van der Waals surface area contributed by atoms with Crippen LogP contribution in [0.3, 0.4) is 0 Å². The average molecular weight is 592 g/mol. The number of Topliss-reactive ketones (excluding diaryl/α,β-unsaturated/α-hetero) is 1. The molecule has 1 aliphatic heterocycles. The van der Waals surface area contributed by atoms with Crippen LogP contribution in [-0.4, -0.2) is 39.8 Å². The third-order valence-corrected chi connectivity index (χ3v) is 9.47. The van der Waals surface area contributed by atoms with Crippen LogP contribution in [0.15, 0.2) is 57.5 Å². The maximum Gasteiger partial charge on any atom is 0.254 e. The molecule has 2 atom stereocenters. The molecule has 0 N–H and O–H groups in total. The van der Waals surface area contributed by atoms with Gasteiger partial charge in [0.1, 0.15) is 11.5 Å². The number of piperidine rings is 1.